The molecule has 1 aromatic rings. The van der Waals surface area contributed by atoms with Crippen molar-refractivity contribution in [1.29, 1.82) is 0 Å². The van der Waals surface area contributed by atoms with Crippen LogP contribution in [0.1, 0.15) is 31.7 Å². The molecule has 1 aliphatic carbocycles. The molecule has 1 unspecified atom stereocenters. The Labute approximate surface area is 143 Å². The molecule has 1 amide bonds. The van der Waals surface area contributed by atoms with Crippen molar-refractivity contribution in [1.82, 2.24) is 10.6 Å². The molecule has 1 saturated heterocycles. The minimum Gasteiger partial charge on any atom is -0.355 e. The van der Waals surface area contributed by atoms with E-state index in [2.05, 4.69) is 22.8 Å². The average molecular weight is 343 g/mol. The molecule has 0 aromatic heterocycles. The maximum absolute atomic E-state index is 12.3. The van der Waals surface area contributed by atoms with Crippen LogP contribution in [0.15, 0.2) is 24.3 Å². The third-order valence-corrected chi connectivity index (χ3v) is 5.55. The summed E-state index contributed by atoms with van der Waals surface area (Å²) in [6.45, 7) is 4.72. The largest absolute Gasteiger partial charge is 0.355 e. The predicted octanol–water partition coefficient (Wildman–Crippen LogP) is 3.16. The topological polar surface area (TPSA) is 41.1 Å². The molecule has 0 radical (unpaired) electrons. The highest BCUT2D eigenvalue weighted by atomic mass is 35.5. The summed E-state index contributed by atoms with van der Waals surface area (Å²) in [6.07, 6.45) is 3.53. The van der Waals surface area contributed by atoms with Gasteiger partial charge in [-0.15, -0.1) is 12.4 Å². The van der Waals surface area contributed by atoms with Crippen LogP contribution in [0.3, 0.4) is 0 Å². The zero-order valence-electron chi connectivity index (χ0n) is 12.9. The highest BCUT2D eigenvalue weighted by Gasteiger charge is 2.39. The van der Waals surface area contributed by atoms with E-state index >= 15 is 0 Å². The second-order valence-corrected chi connectivity index (χ2v) is 7.00. The van der Waals surface area contributed by atoms with Gasteiger partial charge in [-0.3, -0.25) is 4.79 Å². The van der Waals surface area contributed by atoms with Crippen LogP contribution in [-0.2, 0) is 10.2 Å². The molecule has 1 aliphatic heterocycles. The van der Waals surface area contributed by atoms with Gasteiger partial charge in [-0.05, 0) is 49.5 Å². The number of benzene rings is 1. The molecule has 1 aromatic carbocycles. The SMILES string of the molecule is CC(C(=O)NCC1(c2ccc(Cl)cc2)CCC1)C1CNC1.Cl. The molecule has 0 spiro atoms. The Balaban J connectivity index is 0.00000176. The summed E-state index contributed by atoms with van der Waals surface area (Å²) in [5.74, 6) is 0.799. The number of hydrogen-bond donors (Lipinski definition) is 2. The summed E-state index contributed by atoms with van der Waals surface area (Å²) >= 11 is 5.97. The van der Waals surface area contributed by atoms with Gasteiger partial charge in [-0.25, -0.2) is 0 Å². The van der Waals surface area contributed by atoms with Crippen molar-refractivity contribution >= 4 is 29.9 Å². The number of amides is 1. The van der Waals surface area contributed by atoms with E-state index in [1.165, 1.54) is 12.0 Å². The standard InChI is InChI=1S/C17H23ClN2O.ClH/c1-12(13-9-19-10-13)16(21)20-11-17(7-2-8-17)14-3-5-15(18)6-4-14;/h3-6,12-13,19H,2,7-11H2,1H3,(H,20,21);1H. The lowest BCUT2D eigenvalue weighted by molar-refractivity contribution is -0.127. The van der Waals surface area contributed by atoms with E-state index in [1.807, 2.05) is 19.1 Å². The van der Waals surface area contributed by atoms with Crippen molar-refractivity contribution in [3.8, 4) is 0 Å². The number of nitrogens with one attached hydrogen (secondary N) is 2. The van der Waals surface area contributed by atoms with E-state index in [4.69, 9.17) is 11.6 Å². The van der Waals surface area contributed by atoms with Gasteiger partial charge in [0.2, 0.25) is 5.91 Å². The Bertz CT molecular complexity index is 510. The van der Waals surface area contributed by atoms with Crippen LogP contribution in [0.5, 0.6) is 0 Å². The maximum Gasteiger partial charge on any atom is 0.223 e. The fourth-order valence-electron chi connectivity index (χ4n) is 3.27. The van der Waals surface area contributed by atoms with E-state index < -0.39 is 0 Å². The molecule has 122 valence electrons. The summed E-state index contributed by atoms with van der Waals surface area (Å²) in [6, 6.07) is 8.10. The average Bonchev–Trinajstić information content (AvgIpc) is 2.37. The number of carbonyl (C=O) groups excluding carboxylic acids is 1. The fraction of sp³-hybridized carbons (Fsp3) is 0.588. The van der Waals surface area contributed by atoms with Crippen molar-refractivity contribution in [3.05, 3.63) is 34.9 Å². The third kappa shape index (κ3) is 3.42. The van der Waals surface area contributed by atoms with Crippen LogP contribution in [0.2, 0.25) is 5.02 Å². The Morgan fingerprint density at radius 3 is 2.45 bits per heavy atom. The molecule has 2 fully saturated rings. The van der Waals surface area contributed by atoms with Gasteiger partial charge in [-0.1, -0.05) is 37.1 Å². The zero-order valence-corrected chi connectivity index (χ0v) is 14.5. The van der Waals surface area contributed by atoms with Gasteiger partial charge >= 0.3 is 0 Å². The molecular formula is C17H24Cl2N2O. The van der Waals surface area contributed by atoms with Crippen molar-refractivity contribution in [2.75, 3.05) is 19.6 Å². The lowest BCUT2D eigenvalue weighted by Gasteiger charge is -2.43. The second kappa shape index (κ2) is 7.20. The molecule has 2 N–H and O–H groups in total. The molecular weight excluding hydrogens is 319 g/mol. The fourth-order valence-corrected chi connectivity index (χ4v) is 3.40. The molecule has 1 heterocycles. The smallest absolute Gasteiger partial charge is 0.223 e. The monoisotopic (exact) mass is 342 g/mol. The Morgan fingerprint density at radius 1 is 1.36 bits per heavy atom. The van der Waals surface area contributed by atoms with E-state index in [1.54, 1.807) is 0 Å². The Morgan fingerprint density at radius 2 is 2.00 bits per heavy atom. The summed E-state index contributed by atoms with van der Waals surface area (Å²) in [7, 11) is 0. The summed E-state index contributed by atoms with van der Waals surface area (Å²) in [4.78, 5) is 12.3. The lowest BCUT2D eigenvalue weighted by Crippen LogP contribution is -2.52. The van der Waals surface area contributed by atoms with Crippen molar-refractivity contribution in [3.63, 3.8) is 0 Å². The van der Waals surface area contributed by atoms with Crippen LogP contribution in [0.25, 0.3) is 0 Å². The highest BCUT2D eigenvalue weighted by Crippen LogP contribution is 2.43. The minimum atomic E-state index is 0. The van der Waals surface area contributed by atoms with Crippen molar-refractivity contribution in [2.45, 2.75) is 31.6 Å². The van der Waals surface area contributed by atoms with Gasteiger partial charge in [0.05, 0.1) is 0 Å². The van der Waals surface area contributed by atoms with Crippen LogP contribution in [0.4, 0.5) is 0 Å². The normalized spacial score (nSPS) is 21.0. The first-order valence-corrected chi connectivity index (χ1v) is 8.23. The highest BCUT2D eigenvalue weighted by molar-refractivity contribution is 6.30. The van der Waals surface area contributed by atoms with E-state index in [0.717, 1.165) is 37.5 Å². The second-order valence-electron chi connectivity index (χ2n) is 6.57. The molecule has 0 bridgehead atoms. The number of hydrogen-bond acceptors (Lipinski definition) is 2. The number of carbonyl (C=O) groups is 1. The van der Waals surface area contributed by atoms with Crippen molar-refractivity contribution < 1.29 is 4.79 Å². The summed E-state index contributed by atoms with van der Waals surface area (Å²) in [5.41, 5.74) is 1.43. The van der Waals surface area contributed by atoms with Crippen LogP contribution in [0, 0.1) is 11.8 Å². The predicted molar refractivity (Wildman–Crippen MR) is 92.8 cm³/mol. The van der Waals surface area contributed by atoms with Gasteiger partial charge in [-0.2, -0.15) is 0 Å². The molecule has 5 heteroatoms. The zero-order chi connectivity index (χ0) is 14.9. The first kappa shape index (κ1) is 17.6. The Hall–Kier alpha value is -0.770. The van der Waals surface area contributed by atoms with Gasteiger partial charge < -0.3 is 10.6 Å². The van der Waals surface area contributed by atoms with Gasteiger partial charge in [0.1, 0.15) is 0 Å². The van der Waals surface area contributed by atoms with Crippen LogP contribution < -0.4 is 10.6 Å². The lowest BCUT2D eigenvalue weighted by atomic mass is 9.64. The van der Waals surface area contributed by atoms with Gasteiger partial charge in [0.25, 0.3) is 0 Å². The van der Waals surface area contributed by atoms with Gasteiger partial charge in [0, 0.05) is 22.9 Å². The Kier molecular flexibility index (Phi) is 5.76. The van der Waals surface area contributed by atoms with Crippen LogP contribution in [-0.4, -0.2) is 25.5 Å². The maximum atomic E-state index is 12.3. The molecule has 22 heavy (non-hydrogen) atoms. The van der Waals surface area contributed by atoms with E-state index in [0.29, 0.717) is 5.92 Å². The molecule has 1 atom stereocenters. The van der Waals surface area contributed by atoms with Gasteiger partial charge in [0.15, 0.2) is 0 Å². The first-order valence-electron chi connectivity index (χ1n) is 7.85. The van der Waals surface area contributed by atoms with E-state index in [-0.39, 0.29) is 29.6 Å². The summed E-state index contributed by atoms with van der Waals surface area (Å²) < 4.78 is 0. The third-order valence-electron chi connectivity index (χ3n) is 5.30. The first-order chi connectivity index (χ1) is 10.1. The molecule has 1 saturated carbocycles. The van der Waals surface area contributed by atoms with Crippen molar-refractivity contribution in [2.24, 2.45) is 11.8 Å². The number of halogens is 2. The van der Waals surface area contributed by atoms with E-state index in [9.17, 15) is 4.79 Å². The number of rotatable bonds is 5. The molecule has 3 rings (SSSR count). The molecule has 2 aliphatic rings. The minimum absolute atomic E-state index is 0. The summed E-state index contributed by atoms with van der Waals surface area (Å²) in [5, 5.41) is 7.19. The molecule has 3 nitrogen and oxygen atoms in total. The quantitative estimate of drug-likeness (QED) is 0.862. The van der Waals surface area contributed by atoms with Crippen LogP contribution >= 0.6 is 24.0 Å².